The summed E-state index contributed by atoms with van der Waals surface area (Å²) in [6, 6.07) is 12.3. The molecule has 5 nitrogen and oxygen atoms in total. The molecule has 0 radical (unpaired) electrons. The van der Waals surface area contributed by atoms with Crippen molar-refractivity contribution in [3.05, 3.63) is 64.1 Å². The van der Waals surface area contributed by atoms with E-state index in [1.165, 1.54) is 6.08 Å². The van der Waals surface area contributed by atoms with Crippen molar-refractivity contribution in [1.29, 1.82) is 0 Å². The Morgan fingerprint density at radius 2 is 1.71 bits per heavy atom. The zero-order valence-corrected chi connectivity index (χ0v) is 15.6. The summed E-state index contributed by atoms with van der Waals surface area (Å²) in [6.45, 7) is 1.95. The third-order valence-electron chi connectivity index (χ3n) is 3.07. The maximum Gasteiger partial charge on any atom is 0.248 e. The summed E-state index contributed by atoms with van der Waals surface area (Å²) in [6.07, 6.45) is 4.18. The van der Waals surface area contributed by atoms with Crippen LogP contribution in [-0.4, -0.2) is 20.6 Å². The summed E-state index contributed by atoms with van der Waals surface area (Å²) < 4.78 is 25.6. The lowest BCUT2D eigenvalue weighted by Crippen LogP contribution is -2.09. The van der Waals surface area contributed by atoms with Crippen molar-refractivity contribution in [2.75, 3.05) is 16.3 Å². The zero-order valence-electron chi connectivity index (χ0n) is 13.2. The molecule has 1 amide bonds. The van der Waals surface area contributed by atoms with E-state index in [0.29, 0.717) is 5.69 Å². The van der Waals surface area contributed by atoms with Crippen LogP contribution in [0.1, 0.15) is 11.1 Å². The minimum absolute atomic E-state index is 0.241. The first-order chi connectivity index (χ1) is 11.2. The Morgan fingerprint density at radius 1 is 1.08 bits per heavy atom. The lowest BCUT2D eigenvalue weighted by atomic mass is 10.2. The fraction of sp³-hybridized carbons (Fsp3) is 0.118. The highest BCUT2D eigenvalue weighted by Crippen LogP contribution is 2.20. The molecule has 126 valence electrons. The molecule has 0 aliphatic rings. The van der Waals surface area contributed by atoms with Gasteiger partial charge >= 0.3 is 0 Å². The predicted molar refractivity (Wildman–Crippen MR) is 101 cm³/mol. The Balaban J connectivity index is 1.99. The first-order valence-corrected chi connectivity index (χ1v) is 9.74. The summed E-state index contributed by atoms with van der Waals surface area (Å²) in [7, 11) is -3.29. The molecule has 0 spiro atoms. The van der Waals surface area contributed by atoms with Gasteiger partial charge in [-0.3, -0.25) is 9.52 Å². The zero-order chi connectivity index (χ0) is 17.7. The number of benzene rings is 2. The topological polar surface area (TPSA) is 75.3 Å². The van der Waals surface area contributed by atoms with Gasteiger partial charge in [-0.2, -0.15) is 0 Å². The Bertz CT molecular complexity index is 875. The minimum Gasteiger partial charge on any atom is -0.323 e. The second-order valence-electron chi connectivity index (χ2n) is 5.28. The fourth-order valence-electron chi connectivity index (χ4n) is 1.95. The van der Waals surface area contributed by atoms with Gasteiger partial charge in [0.1, 0.15) is 0 Å². The quantitative estimate of drug-likeness (QED) is 0.738. The highest BCUT2D eigenvalue weighted by atomic mass is 79.9. The Hall–Kier alpha value is -2.12. The van der Waals surface area contributed by atoms with E-state index in [1.807, 2.05) is 25.1 Å². The number of halogens is 1. The van der Waals surface area contributed by atoms with Crippen LogP contribution in [-0.2, 0) is 14.8 Å². The highest BCUT2D eigenvalue weighted by molar-refractivity contribution is 9.10. The van der Waals surface area contributed by atoms with Crippen LogP contribution >= 0.6 is 15.9 Å². The second-order valence-corrected chi connectivity index (χ2v) is 7.89. The van der Waals surface area contributed by atoms with Gasteiger partial charge < -0.3 is 5.32 Å². The van der Waals surface area contributed by atoms with E-state index in [-0.39, 0.29) is 5.91 Å². The Labute approximate surface area is 150 Å². The molecular weight excluding hydrogens is 392 g/mol. The molecule has 0 aliphatic carbocycles. The SMILES string of the molecule is Cc1cc(NC(=O)/C=C/c2ccc(NS(C)(=O)=O)cc2)ccc1Br. The van der Waals surface area contributed by atoms with Gasteiger partial charge in [-0.25, -0.2) is 8.42 Å². The summed E-state index contributed by atoms with van der Waals surface area (Å²) in [5.41, 5.74) is 3.02. The molecule has 0 atom stereocenters. The lowest BCUT2D eigenvalue weighted by molar-refractivity contribution is -0.111. The molecule has 0 fully saturated rings. The first-order valence-electron chi connectivity index (χ1n) is 7.06. The van der Waals surface area contributed by atoms with Crippen molar-refractivity contribution in [1.82, 2.24) is 0 Å². The number of anilines is 2. The number of carbonyl (C=O) groups excluding carboxylic acids is 1. The number of aryl methyl sites for hydroxylation is 1. The van der Waals surface area contributed by atoms with E-state index >= 15 is 0 Å². The van der Waals surface area contributed by atoms with E-state index in [1.54, 1.807) is 30.3 Å². The smallest absolute Gasteiger partial charge is 0.248 e. The number of hydrogen-bond donors (Lipinski definition) is 2. The first kappa shape index (κ1) is 18.2. The molecule has 0 saturated heterocycles. The summed E-state index contributed by atoms with van der Waals surface area (Å²) in [5, 5.41) is 2.78. The van der Waals surface area contributed by atoms with E-state index in [9.17, 15) is 13.2 Å². The number of carbonyl (C=O) groups is 1. The molecule has 2 N–H and O–H groups in total. The molecule has 2 rings (SSSR count). The molecule has 0 unspecified atom stereocenters. The normalized spacial score (nSPS) is 11.5. The number of hydrogen-bond acceptors (Lipinski definition) is 3. The van der Waals surface area contributed by atoms with Crippen LogP contribution in [0.2, 0.25) is 0 Å². The van der Waals surface area contributed by atoms with Gasteiger partial charge in [0.05, 0.1) is 6.26 Å². The largest absolute Gasteiger partial charge is 0.323 e. The minimum atomic E-state index is -3.29. The highest BCUT2D eigenvalue weighted by Gasteiger charge is 2.02. The van der Waals surface area contributed by atoms with Crippen molar-refractivity contribution >= 4 is 49.3 Å². The molecule has 0 heterocycles. The summed E-state index contributed by atoms with van der Waals surface area (Å²) in [4.78, 5) is 11.9. The molecule has 2 aromatic carbocycles. The second kappa shape index (κ2) is 7.63. The molecule has 0 saturated carbocycles. The van der Waals surface area contributed by atoms with Crippen molar-refractivity contribution in [2.45, 2.75) is 6.92 Å². The van der Waals surface area contributed by atoms with E-state index in [2.05, 4.69) is 26.0 Å². The molecular formula is C17H17BrN2O3S. The standard InChI is InChI=1S/C17H17BrN2O3S/c1-12-11-15(8-9-16(12)18)19-17(21)10-5-13-3-6-14(7-4-13)20-24(2,22)23/h3-11,20H,1-2H3,(H,19,21)/b10-5+. The maximum absolute atomic E-state index is 11.9. The van der Waals surface area contributed by atoms with E-state index < -0.39 is 10.0 Å². The van der Waals surface area contributed by atoms with Gasteiger partial charge in [0.2, 0.25) is 15.9 Å². The molecule has 24 heavy (non-hydrogen) atoms. The van der Waals surface area contributed by atoms with Crippen LogP contribution in [0.15, 0.2) is 53.0 Å². The van der Waals surface area contributed by atoms with Crippen LogP contribution in [0.5, 0.6) is 0 Å². The predicted octanol–water partition coefficient (Wildman–Crippen LogP) is 3.78. The van der Waals surface area contributed by atoms with Gasteiger partial charge in [0.25, 0.3) is 0 Å². The third-order valence-corrected chi connectivity index (χ3v) is 4.56. The average molecular weight is 409 g/mol. The number of rotatable bonds is 5. The molecule has 2 aromatic rings. The van der Waals surface area contributed by atoms with Crippen LogP contribution < -0.4 is 10.0 Å². The van der Waals surface area contributed by atoms with Crippen LogP contribution in [0.25, 0.3) is 6.08 Å². The van der Waals surface area contributed by atoms with Crippen molar-refractivity contribution < 1.29 is 13.2 Å². The monoisotopic (exact) mass is 408 g/mol. The van der Waals surface area contributed by atoms with Gasteiger partial charge in [-0.05, 0) is 54.5 Å². The number of sulfonamides is 1. The van der Waals surface area contributed by atoms with E-state index in [4.69, 9.17) is 0 Å². The molecule has 7 heteroatoms. The van der Waals surface area contributed by atoms with E-state index in [0.717, 1.165) is 27.5 Å². The van der Waals surface area contributed by atoms with Gasteiger partial charge in [-0.1, -0.05) is 28.1 Å². The van der Waals surface area contributed by atoms with Gasteiger partial charge in [0.15, 0.2) is 0 Å². The van der Waals surface area contributed by atoms with Crippen LogP contribution in [0.4, 0.5) is 11.4 Å². The van der Waals surface area contributed by atoms with Crippen molar-refractivity contribution in [3.8, 4) is 0 Å². The Morgan fingerprint density at radius 3 is 2.29 bits per heavy atom. The average Bonchev–Trinajstić information content (AvgIpc) is 2.49. The number of nitrogens with one attached hydrogen (secondary N) is 2. The van der Waals surface area contributed by atoms with Crippen LogP contribution in [0.3, 0.4) is 0 Å². The Kier molecular flexibility index (Phi) is 5.80. The van der Waals surface area contributed by atoms with Crippen molar-refractivity contribution in [2.24, 2.45) is 0 Å². The molecule has 0 aromatic heterocycles. The maximum atomic E-state index is 11.9. The van der Waals surface area contributed by atoms with Gasteiger partial charge in [-0.15, -0.1) is 0 Å². The molecule has 0 bridgehead atoms. The lowest BCUT2D eigenvalue weighted by Gasteiger charge is -2.05. The number of amides is 1. The fourth-order valence-corrected chi connectivity index (χ4v) is 2.77. The van der Waals surface area contributed by atoms with Crippen molar-refractivity contribution in [3.63, 3.8) is 0 Å². The van der Waals surface area contributed by atoms with Gasteiger partial charge in [0, 0.05) is 21.9 Å². The third kappa shape index (κ3) is 5.82. The van der Waals surface area contributed by atoms with Crippen LogP contribution in [0, 0.1) is 6.92 Å². The molecule has 0 aliphatic heterocycles. The summed E-state index contributed by atoms with van der Waals surface area (Å²) >= 11 is 3.41. The summed E-state index contributed by atoms with van der Waals surface area (Å²) in [5.74, 6) is -0.241.